The van der Waals surface area contributed by atoms with E-state index in [0.29, 0.717) is 5.56 Å². The predicted molar refractivity (Wildman–Crippen MR) is 88.2 cm³/mol. The first-order valence-corrected chi connectivity index (χ1v) is 7.82. The van der Waals surface area contributed by atoms with E-state index in [0.717, 1.165) is 17.7 Å². The van der Waals surface area contributed by atoms with Crippen LogP contribution in [-0.2, 0) is 11.2 Å². The Hall–Kier alpha value is -2.33. The van der Waals surface area contributed by atoms with Crippen LogP contribution in [0.1, 0.15) is 24.2 Å². The maximum atomic E-state index is 12.5. The fourth-order valence-electron chi connectivity index (χ4n) is 2.90. The first-order valence-electron chi connectivity index (χ1n) is 7.82. The Morgan fingerprint density at radius 2 is 1.83 bits per heavy atom. The van der Waals surface area contributed by atoms with Gasteiger partial charge in [-0.3, -0.25) is 4.79 Å². The number of amides is 1. The molecule has 4 heteroatoms. The molecule has 3 rings (SSSR count). The van der Waals surface area contributed by atoms with Crippen LogP contribution >= 0.6 is 0 Å². The van der Waals surface area contributed by atoms with Gasteiger partial charge in [-0.1, -0.05) is 48.5 Å². The van der Waals surface area contributed by atoms with E-state index in [1.807, 2.05) is 49.4 Å². The van der Waals surface area contributed by atoms with Gasteiger partial charge in [-0.25, -0.2) is 0 Å². The van der Waals surface area contributed by atoms with Crippen LogP contribution in [0.4, 0.5) is 0 Å². The molecule has 120 valence electrons. The van der Waals surface area contributed by atoms with Crippen LogP contribution in [0.2, 0.25) is 0 Å². The summed E-state index contributed by atoms with van der Waals surface area (Å²) in [5.74, 6) is 0.567. The Bertz CT molecular complexity index is 661. The van der Waals surface area contributed by atoms with Crippen molar-refractivity contribution in [3.63, 3.8) is 0 Å². The lowest BCUT2D eigenvalue weighted by molar-refractivity contribution is -0.142. The van der Waals surface area contributed by atoms with Crippen LogP contribution in [0, 0.1) is 0 Å². The smallest absolute Gasteiger partial charge is 0.256 e. The number of ether oxygens (including phenoxy) is 1. The second-order valence-corrected chi connectivity index (χ2v) is 5.97. The van der Waals surface area contributed by atoms with E-state index in [2.05, 4.69) is 0 Å². The van der Waals surface area contributed by atoms with Gasteiger partial charge in [0, 0.05) is 13.5 Å². The fourth-order valence-corrected chi connectivity index (χ4v) is 2.90. The lowest BCUT2D eigenvalue weighted by Gasteiger charge is -2.30. The van der Waals surface area contributed by atoms with Gasteiger partial charge in [0.1, 0.15) is 11.9 Å². The number of aliphatic hydroxyl groups excluding tert-OH is 1. The molecule has 0 saturated carbocycles. The van der Waals surface area contributed by atoms with Crippen LogP contribution in [0.5, 0.6) is 5.75 Å². The van der Waals surface area contributed by atoms with Crippen LogP contribution < -0.4 is 4.74 Å². The number of hydrogen-bond donors (Lipinski definition) is 1. The van der Waals surface area contributed by atoms with Gasteiger partial charge in [0.25, 0.3) is 5.91 Å². The molecule has 2 aromatic carbocycles. The Morgan fingerprint density at radius 1 is 1.17 bits per heavy atom. The van der Waals surface area contributed by atoms with Crippen molar-refractivity contribution in [2.45, 2.75) is 31.6 Å². The molecule has 1 N–H and O–H groups in total. The number of benzene rings is 2. The van der Waals surface area contributed by atoms with Gasteiger partial charge < -0.3 is 14.7 Å². The van der Waals surface area contributed by atoms with Crippen molar-refractivity contribution in [2.24, 2.45) is 0 Å². The van der Waals surface area contributed by atoms with Gasteiger partial charge in [-0.15, -0.1) is 0 Å². The minimum Gasteiger partial charge on any atom is -0.488 e. The molecule has 0 fully saturated rings. The van der Waals surface area contributed by atoms with Crippen molar-refractivity contribution >= 4 is 5.91 Å². The molecular formula is C19H21NO3. The molecule has 0 aliphatic carbocycles. The lowest BCUT2D eigenvalue weighted by atomic mass is 10.0. The number of rotatable bonds is 4. The summed E-state index contributed by atoms with van der Waals surface area (Å²) in [6.45, 7) is 1.95. The number of hydrogen-bond acceptors (Lipinski definition) is 3. The largest absolute Gasteiger partial charge is 0.488 e. The molecule has 1 heterocycles. The van der Waals surface area contributed by atoms with Gasteiger partial charge in [0.15, 0.2) is 6.10 Å². The molecule has 0 aromatic heterocycles. The minimum absolute atomic E-state index is 0.0932. The summed E-state index contributed by atoms with van der Waals surface area (Å²) in [6, 6.07) is 16.8. The molecule has 3 atom stereocenters. The number of fused-ring (bicyclic) bond motifs is 1. The van der Waals surface area contributed by atoms with Crippen molar-refractivity contribution in [1.29, 1.82) is 0 Å². The fraction of sp³-hybridized carbons (Fsp3) is 0.316. The van der Waals surface area contributed by atoms with E-state index >= 15 is 0 Å². The third-order valence-corrected chi connectivity index (χ3v) is 4.52. The highest BCUT2D eigenvalue weighted by molar-refractivity contribution is 5.82. The number of carbonyl (C=O) groups is 1. The first kappa shape index (κ1) is 15.6. The molecule has 0 bridgehead atoms. The van der Waals surface area contributed by atoms with Crippen LogP contribution in [0.25, 0.3) is 0 Å². The first-order chi connectivity index (χ1) is 11.1. The zero-order valence-electron chi connectivity index (χ0n) is 13.3. The highest BCUT2D eigenvalue weighted by Crippen LogP contribution is 2.31. The third kappa shape index (κ3) is 3.08. The summed E-state index contributed by atoms with van der Waals surface area (Å²) in [5, 5.41) is 10.3. The molecule has 0 unspecified atom stereocenters. The second-order valence-electron chi connectivity index (χ2n) is 5.97. The standard InChI is InChI=1S/C19H21NO3/c1-13(17-12-15-10-6-7-11-16(15)23-17)20(2)19(22)18(21)14-8-4-3-5-9-14/h3-11,13,17-18,21H,12H2,1-2H3/t13-,17-,18+/m1/s1. The van der Waals surface area contributed by atoms with E-state index < -0.39 is 6.10 Å². The van der Waals surface area contributed by atoms with E-state index in [4.69, 9.17) is 4.74 Å². The number of carbonyl (C=O) groups excluding carboxylic acids is 1. The second kappa shape index (κ2) is 6.42. The monoisotopic (exact) mass is 311 g/mol. The molecule has 0 saturated heterocycles. The van der Waals surface area contributed by atoms with E-state index in [-0.39, 0.29) is 18.1 Å². The summed E-state index contributed by atoms with van der Waals surface area (Å²) < 4.78 is 5.95. The van der Waals surface area contributed by atoms with Gasteiger partial charge in [0.05, 0.1) is 6.04 Å². The molecule has 1 aliphatic rings. The SMILES string of the molecule is C[C@H]([C@H]1Cc2ccccc2O1)N(C)C(=O)[C@@H](O)c1ccccc1. The molecule has 2 aromatic rings. The molecule has 4 nitrogen and oxygen atoms in total. The van der Waals surface area contributed by atoms with Gasteiger partial charge in [0.2, 0.25) is 0 Å². The number of aliphatic hydroxyl groups is 1. The van der Waals surface area contributed by atoms with E-state index in [9.17, 15) is 9.90 Å². The van der Waals surface area contributed by atoms with Crippen molar-refractivity contribution in [3.05, 3.63) is 65.7 Å². The number of para-hydroxylation sites is 1. The maximum Gasteiger partial charge on any atom is 0.256 e. The van der Waals surface area contributed by atoms with Crippen molar-refractivity contribution in [3.8, 4) is 5.75 Å². The van der Waals surface area contributed by atoms with Gasteiger partial charge >= 0.3 is 0 Å². The summed E-state index contributed by atoms with van der Waals surface area (Å²) in [4.78, 5) is 14.1. The molecule has 1 aliphatic heterocycles. The number of nitrogens with zero attached hydrogens (tertiary/aromatic N) is 1. The Kier molecular flexibility index (Phi) is 4.35. The Balaban J connectivity index is 1.68. The normalized spacial score (nSPS) is 18.7. The van der Waals surface area contributed by atoms with Crippen molar-refractivity contribution in [1.82, 2.24) is 4.90 Å². The zero-order valence-corrected chi connectivity index (χ0v) is 13.3. The maximum absolute atomic E-state index is 12.5. The lowest BCUT2D eigenvalue weighted by Crippen LogP contribution is -2.46. The highest BCUT2D eigenvalue weighted by atomic mass is 16.5. The van der Waals surface area contributed by atoms with Gasteiger partial charge in [-0.2, -0.15) is 0 Å². The molecule has 0 radical (unpaired) electrons. The Labute approximate surface area is 136 Å². The van der Waals surface area contributed by atoms with Crippen LogP contribution in [0.15, 0.2) is 54.6 Å². The van der Waals surface area contributed by atoms with Gasteiger partial charge in [-0.05, 0) is 24.1 Å². The third-order valence-electron chi connectivity index (χ3n) is 4.52. The predicted octanol–water partition coefficient (Wildman–Crippen LogP) is 2.57. The molecule has 23 heavy (non-hydrogen) atoms. The van der Waals surface area contributed by atoms with Crippen LogP contribution in [0.3, 0.4) is 0 Å². The Morgan fingerprint density at radius 3 is 2.52 bits per heavy atom. The topological polar surface area (TPSA) is 49.8 Å². The van der Waals surface area contributed by atoms with E-state index in [1.54, 1.807) is 24.1 Å². The minimum atomic E-state index is -1.15. The summed E-state index contributed by atoms with van der Waals surface area (Å²) in [5.41, 5.74) is 1.76. The average Bonchev–Trinajstić information content (AvgIpc) is 3.04. The van der Waals surface area contributed by atoms with Crippen molar-refractivity contribution < 1.29 is 14.6 Å². The zero-order chi connectivity index (χ0) is 16.4. The average molecular weight is 311 g/mol. The van der Waals surface area contributed by atoms with Crippen molar-refractivity contribution in [2.75, 3.05) is 7.05 Å². The van der Waals surface area contributed by atoms with E-state index in [1.165, 1.54) is 0 Å². The van der Waals surface area contributed by atoms with Crippen LogP contribution in [-0.4, -0.2) is 35.1 Å². The molecule has 0 spiro atoms. The summed E-state index contributed by atoms with van der Waals surface area (Å²) in [7, 11) is 1.71. The summed E-state index contributed by atoms with van der Waals surface area (Å²) in [6.07, 6.45) is -0.465. The molecule has 1 amide bonds. The number of likely N-dealkylation sites (N-methyl/N-ethyl adjacent to an activating group) is 1. The quantitative estimate of drug-likeness (QED) is 0.944. The summed E-state index contributed by atoms with van der Waals surface area (Å²) >= 11 is 0. The molecular weight excluding hydrogens is 290 g/mol. The highest BCUT2D eigenvalue weighted by Gasteiger charge is 2.33.